The molecule has 0 aromatic heterocycles. The van der Waals surface area contributed by atoms with E-state index in [1.54, 1.807) is 4.90 Å². The van der Waals surface area contributed by atoms with E-state index in [1.165, 1.54) is 0 Å². The van der Waals surface area contributed by atoms with Crippen LogP contribution in [0, 0.1) is 0 Å². The summed E-state index contributed by atoms with van der Waals surface area (Å²) in [5.74, 6) is -1.90. The molecule has 78 valence electrons. The minimum atomic E-state index is -0.955. The van der Waals surface area contributed by atoms with Gasteiger partial charge in [-0.25, -0.2) is 0 Å². The van der Waals surface area contributed by atoms with Crippen molar-refractivity contribution in [2.24, 2.45) is 0 Å². The number of carbonyl (C=O) groups is 2. The molecule has 2 N–H and O–H groups in total. The Labute approximate surface area is 81.6 Å². The van der Waals surface area contributed by atoms with Crippen LogP contribution in [-0.4, -0.2) is 46.2 Å². The van der Waals surface area contributed by atoms with E-state index in [9.17, 15) is 9.59 Å². The quantitative estimate of drug-likeness (QED) is 0.617. The monoisotopic (exact) mass is 199 g/mol. The molecule has 0 bridgehead atoms. The van der Waals surface area contributed by atoms with Crippen molar-refractivity contribution >= 4 is 11.9 Å². The van der Waals surface area contributed by atoms with Crippen molar-refractivity contribution in [3.63, 3.8) is 0 Å². The molecule has 0 aliphatic carbocycles. The van der Waals surface area contributed by atoms with Gasteiger partial charge in [0.15, 0.2) is 0 Å². The van der Waals surface area contributed by atoms with Crippen molar-refractivity contribution in [3.8, 4) is 0 Å². The normalized spacial score (nSPS) is 18.3. The van der Waals surface area contributed by atoms with Gasteiger partial charge in [0.25, 0.3) is 0 Å². The van der Waals surface area contributed by atoms with Crippen molar-refractivity contribution in [1.29, 1.82) is 0 Å². The molecule has 0 saturated carbocycles. The van der Waals surface area contributed by atoms with Gasteiger partial charge in [-0.05, 0) is 6.42 Å². The van der Waals surface area contributed by atoms with Gasteiger partial charge in [0, 0.05) is 19.5 Å². The zero-order valence-electron chi connectivity index (χ0n) is 7.72. The number of hydrogen-bond acceptors (Lipinski definition) is 3. The van der Waals surface area contributed by atoms with Crippen LogP contribution in [0.15, 0.2) is 12.2 Å². The Bertz CT molecular complexity index is 254. The smallest absolute Gasteiger partial charge is 0.320 e. The van der Waals surface area contributed by atoms with Crippen molar-refractivity contribution < 1.29 is 19.8 Å². The third kappa shape index (κ3) is 2.85. The minimum Gasteiger partial charge on any atom is -0.481 e. The SMILES string of the molecule is O=C(O)CCC(C(=O)O)N1CC=CC1. The van der Waals surface area contributed by atoms with Crippen molar-refractivity contribution in [3.05, 3.63) is 12.2 Å². The number of rotatable bonds is 5. The van der Waals surface area contributed by atoms with E-state index in [-0.39, 0.29) is 12.8 Å². The Kier molecular flexibility index (Phi) is 3.64. The first-order valence-corrected chi connectivity index (χ1v) is 4.45. The van der Waals surface area contributed by atoms with E-state index < -0.39 is 18.0 Å². The topological polar surface area (TPSA) is 77.8 Å². The van der Waals surface area contributed by atoms with Crippen molar-refractivity contribution in [1.82, 2.24) is 4.90 Å². The molecule has 1 unspecified atom stereocenters. The molecule has 1 rings (SSSR count). The van der Waals surface area contributed by atoms with Crippen LogP contribution >= 0.6 is 0 Å². The molecule has 14 heavy (non-hydrogen) atoms. The number of hydrogen-bond donors (Lipinski definition) is 2. The van der Waals surface area contributed by atoms with Crippen LogP contribution in [0.4, 0.5) is 0 Å². The van der Waals surface area contributed by atoms with Gasteiger partial charge < -0.3 is 10.2 Å². The van der Waals surface area contributed by atoms with Crippen molar-refractivity contribution in [2.45, 2.75) is 18.9 Å². The number of nitrogens with zero attached hydrogens (tertiary/aromatic N) is 1. The molecule has 1 heterocycles. The zero-order valence-corrected chi connectivity index (χ0v) is 7.72. The van der Waals surface area contributed by atoms with Gasteiger partial charge in [0.1, 0.15) is 6.04 Å². The second-order valence-electron chi connectivity index (χ2n) is 3.21. The molecule has 0 saturated heterocycles. The van der Waals surface area contributed by atoms with Crippen LogP contribution in [0.1, 0.15) is 12.8 Å². The highest BCUT2D eigenvalue weighted by Gasteiger charge is 2.26. The van der Waals surface area contributed by atoms with Crippen LogP contribution in [0.5, 0.6) is 0 Å². The molecular weight excluding hydrogens is 186 g/mol. The maximum Gasteiger partial charge on any atom is 0.320 e. The zero-order chi connectivity index (χ0) is 10.6. The lowest BCUT2D eigenvalue weighted by Gasteiger charge is -2.22. The molecule has 0 spiro atoms. The van der Waals surface area contributed by atoms with Gasteiger partial charge in [-0.15, -0.1) is 0 Å². The molecule has 5 heteroatoms. The van der Waals surface area contributed by atoms with E-state index in [1.807, 2.05) is 12.2 Å². The molecule has 1 aliphatic heterocycles. The van der Waals surface area contributed by atoms with E-state index >= 15 is 0 Å². The number of aliphatic carboxylic acids is 2. The first kappa shape index (κ1) is 10.7. The third-order valence-electron chi connectivity index (χ3n) is 2.20. The fourth-order valence-electron chi connectivity index (χ4n) is 1.47. The van der Waals surface area contributed by atoms with Crippen LogP contribution < -0.4 is 0 Å². The Morgan fingerprint density at radius 3 is 2.29 bits per heavy atom. The Hall–Kier alpha value is -1.36. The first-order chi connectivity index (χ1) is 6.61. The second kappa shape index (κ2) is 4.76. The summed E-state index contributed by atoms with van der Waals surface area (Å²) < 4.78 is 0. The molecule has 0 radical (unpaired) electrons. The average molecular weight is 199 g/mol. The predicted molar refractivity (Wildman–Crippen MR) is 49.0 cm³/mol. The summed E-state index contributed by atoms with van der Waals surface area (Å²) in [4.78, 5) is 22.9. The minimum absolute atomic E-state index is 0.104. The largest absolute Gasteiger partial charge is 0.481 e. The van der Waals surface area contributed by atoms with E-state index in [4.69, 9.17) is 10.2 Å². The fraction of sp³-hybridized carbons (Fsp3) is 0.556. The highest BCUT2D eigenvalue weighted by Crippen LogP contribution is 2.11. The van der Waals surface area contributed by atoms with Gasteiger partial charge in [0.05, 0.1) is 0 Å². The Morgan fingerprint density at radius 2 is 1.86 bits per heavy atom. The maximum atomic E-state index is 10.8. The highest BCUT2D eigenvalue weighted by atomic mass is 16.4. The van der Waals surface area contributed by atoms with Crippen LogP contribution in [0.2, 0.25) is 0 Å². The lowest BCUT2D eigenvalue weighted by molar-refractivity contribution is -0.143. The Morgan fingerprint density at radius 1 is 1.29 bits per heavy atom. The maximum absolute atomic E-state index is 10.8. The highest BCUT2D eigenvalue weighted by molar-refractivity contribution is 5.75. The van der Waals surface area contributed by atoms with Crippen LogP contribution in [0.3, 0.4) is 0 Å². The second-order valence-corrected chi connectivity index (χ2v) is 3.21. The van der Waals surface area contributed by atoms with Gasteiger partial charge in [-0.3, -0.25) is 14.5 Å². The fourth-order valence-corrected chi connectivity index (χ4v) is 1.47. The number of carboxylic acids is 2. The van der Waals surface area contributed by atoms with E-state index in [0.29, 0.717) is 13.1 Å². The first-order valence-electron chi connectivity index (χ1n) is 4.45. The molecular formula is C9H13NO4. The Balaban J connectivity index is 2.46. The molecule has 5 nitrogen and oxygen atoms in total. The van der Waals surface area contributed by atoms with Crippen LogP contribution in [0.25, 0.3) is 0 Å². The summed E-state index contributed by atoms with van der Waals surface area (Å²) in [6.07, 6.45) is 3.83. The van der Waals surface area contributed by atoms with Crippen LogP contribution in [-0.2, 0) is 9.59 Å². The molecule has 1 aliphatic rings. The molecule has 0 aromatic rings. The lowest BCUT2D eigenvalue weighted by atomic mass is 10.1. The van der Waals surface area contributed by atoms with Crippen molar-refractivity contribution in [2.75, 3.05) is 13.1 Å². The average Bonchev–Trinajstić information content (AvgIpc) is 2.56. The molecule has 0 fully saturated rings. The summed E-state index contributed by atoms with van der Waals surface area (Å²) in [7, 11) is 0. The summed E-state index contributed by atoms with van der Waals surface area (Å²) in [6.45, 7) is 1.19. The van der Waals surface area contributed by atoms with Gasteiger partial charge >= 0.3 is 11.9 Å². The molecule has 1 atom stereocenters. The van der Waals surface area contributed by atoms with E-state index in [2.05, 4.69) is 0 Å². The molecule has 0 amide bonds. The van der Waals surface area contributed by atoms with Gasteiger partial charge in [-0.1, -0.05) is 12.2 Å². The summed E-state index contributed by atoms with van der Waals surface area (Å²) >= 11 is 0. The summed E-state index contributed by atoms with van der Waals surface area (Å²) in [6, 6.07) is -0.680. The summed E-state index contributed by atoms with van der Waals surface area (Å²) in [5, 5.41) is 17.3. The standard InChI is InChI=1S/C9H13NO4/c11-8(12)4-3-7(9(13)14)10-5-1-2-6-10/h1-2,7H,3-6H2,(H,11,12)(H,13,14). The molecule has 0 aromatic carbocycles. The lowest BCUT2D eigenvalue weighted by Crippen LogP contribution is -2.39. The third-order valence-corrected chi connectivity index (χ3v) is 2.20. The summed E-state index contributed by atoms with van der Waals surface area (Å²) in [5.41, 5.74) is 0. The van der Waals surface area contributed by atoms with Gasteiger partial charge in [-0.2, -0.15) is 0 Å². The number of carboxylic acid groups (broad SMARTS) is 2. The predicted octanol–water partition coefficient (Wildman–Crippen LogP) is 0.176. The van der Waals surface area contributed by atoms with Gasteiger partial charge in [0.2, 0.25) is 0 Å². The van der Waals surface area contributed by atoms with E-state index in [0.717, 1.165) is 0 Å².